The summed E-state index contributed by atoms with van der Waals surface area (Å²) in [5, 5.41) is 6.40. The van der Waals surface area contributed by atoms with Crippen molar-refractivity contribution in [2.45, 2.75) is 0 Å². The molecular formula is C16H15NO3S. The second-order valence-electron chi connectivity index (χ2n) is 4.24. The maximum atomic E-state index is 12.0. The van der Waals surface area contributed by atoms with Crippen molar-refractivity contribution < 1.29 is 14.3 Å². The smallest absolute Gasteiger partial charge is 0.257 e. The van der Waals surface area contributed by atoms with Crippen LogP contribution in [0.15, 0.2) is 47.2 Å². The molecule has 1 N–H and O–H groups in total. The summed E-state index contributed by atoms with van der Waals surface area (Å²) in [5.41, 5.74) is 1.59. The maximum Gasteiger partial charge on any atom is 0.257 e. The number of rotatable bonds is 6. The van der Waals surface area contributed by atoms with Gasteiger partial charge in [-0.2, -0.15) is 11.3 Å². The molecule has 1 aromatic carbocycles. The van der Waals surface area contributed by atoms with E-state index < -0.39 is 0 Å². The second kappa shape index (κ2) is 7.40. The summed E-state index contributed by atoms with van der Waals surface area (Å²) in [7, 11) is 1.55. The number of hydrogen-bond donors (Lipinski definition) is 1. The van der Waals surface area contributed by atoms with E-state index in [9.17, 15) is 9.59 Å². The number of hydrogen-bond acceptors (Lipinski definition) is 4. The number of amides is 1. The van der Waals surface area contributed by atoms with Crippen LogP contribution in [0.3, 0.4) is 0 Å². The Bertz CT molecular complexity index is 630. The first-order valence-corrected chi connectivity index (χ1v) is 7.31. The fourth-order valence-corrected chi connectivity index (χ4v) is 2.20. The number of nitrogens with one attached hydrogen (secondary N) is 1. The summed E-state index contributed by atoms with van der Waals surface area (Å²) < 4.78 is 5.27. The molecule has 1 heterocycles. The zero-order valence-electron chi connectivity index (χ0n) is 11.5. The zero-order chi connectivity index (χ0) is 15.1. The molecule has 2 rings (SSSR count). The van der Waals surface area contributed by atoms with Crippen LogP contribution in [0.1, 0.15) is 15.9 Å². The predicted molar refractivity (Wildman–Crippen MR) is 83.7 cm³/mol. The van der Waals surface area contributed by atoms with Crippen molar-refractivity contribution in [2.75, 3.05) is 13.7 Å². The van der Waals surface area contributed by atoms with Crippen LogP contribution >= 0.6 is 11.3 Å². The highest BCUT2D eigenvalue weighted by atomic mass is 32.1. The molecule has 0 atom stereocenters. The van der Waals surface area contributed by atoms with Crippen molar-refractivity contribution in [1.29, 1.82) is 0 Å². The lowest BCUT2D eigenvalue weighted by Crippen LogP contribution is -2.24. The van der Waals surface area contributed by atoms with Crippen molar-refractivity contribution in [2.24, 2.45) is 0 Å². The van der Waals surface area contributed by atoms with Gasteiger partial charge in [0.25, 0.3) is 5.91 Å². The number of allylic oxidation sites excluding steroid dienone is 1. The van der Waals surface area contributed by atoms with Gasteiger partial charge in [0.05, 0.1) is 0 Å². The molecule has 0 saturated heterocycles. The van der Waals surface area contributed by atoms with Gasteiger partial charge in [-0.15, -0.1) is 0 Å². The molecule has 0 fully saturated rings. The predicted octanol–water partition coefficient (Wildman–Crippen LogP) is 2.77. The van der Waals surface area contributed by atoms with Gasteiger partial charge in [-0.25, -0.2) is 0 Å². The molecule has 21 heavy (non-hydrogen) atoms. The maximum absolute atomic E-state index is 12.0. The van der Waals surface area contributed by atoms with Gasteiger partial charge in [0.15, 0.2) is 12.4 Å². The fourth-order valence-electron chi connectivity index (χ4n) is 1.57. The molecule has 0 radical (unpaired) electrons. The van der Waals surface area contributed by atoms with Crippen LogP contribution in [0.2, 0.25) is 0 Å². The highest BCUT2D eigenvalue weighted by Gasteiger charge is 2.03. The van der Waals surface area contributed by atoms with E-state index >= 15 is 0 Å². The molecule has 5 heteroatoms. The highest BCUT2D eigenvalue weighted by molar-refractivity contribution is 7.08. The van der Waals surface area contributed by atoms with E-state index in [4.69, 9.17) is 4.74 Å². The molecule has 0 bridgehead atoms. The Hall–Kier alpha value is -2.40. The normalized spacial score (nSPS) is 10.5. The summed E-state index contributed by atoms with van der Waals surface area (Å²) >= 11 is 1.59. The van der Waals surface area contributed by atoms with Gasteiger partial charge in [0.2, 0.25) is 0 Å². The highest BCUT2D eigenvalue weighted by Crippen LogP contribution is 2.14. The van der Waals surface area contributed by atoms with Crippen LogP contribution in [0.25, 0.3) is 6.08 Å². The lowest BCUT2D eigenvalue weighted by molar-refractivity contribution is -0.122. The molecule has 0 saturated carbocycles. The summed E-state index contributed by atoms with van der Waals surface area (Å²) in [6.45, 7) is -0.0398. The zero-order valence-corrected chi connectivity index (χ0v) is 12.4. The van der Waals surface area contributed by atoms with Crippen LogP contribution in [0.4, 0.5) is 0 Å². The van der Waals surface area contributed by atoms with Gasteiger partial charge in [-0.3, -0.25) is 9.59 Å². The molecule has 0 spiro atoms. The van der Waals surface area contributed by atoms with Crippen LogP contribution in [-0.4, -0.2) is 25.3 Å². The molecule has 1 aromatic heterocycles. The SMILES string of the molecule is CNC(=O)COc1ccc(C(=O)/C=C/c2ccsc2)cc1. The third kappa shape index (κ3) is 4.57. The van der Waals surface area contributed by atoms with Crippen LogP contribution < -0.4 is 10.1 Å². The Labute approximate surface area is 127 Å². The number of benzene rings is 1. The Kier molecular flexibility index (Phi) is 5.29. The number of thiophene rings is 1. The van der Waals surface area contributed by atoms with Crippen LogP contribution in [-0.2, 0) is 4.79 Å². The van der Waals surface area contributed by atoms with Gasteiger partial charge in [0.1, 0.15) is 5.75 Å². The number of ether oxygens (including phenoxy) is 1. The number of ketones is 1. The van der Waals surface area contributed by atoms with E-state index in [1.165, 1.54) is 0 Å². The first kappa shape index (κ1) is 15.0. The van der Waals surface area contributed by atoms with Gasteiger partial charge in [-0.05, 0) is 52.7 Å². The van der Waals surface area contributed by atoms with Gasteiger partial charge < -0.3 is 10.1 Å². The largest absolute Gasteiger partial charge is 0.484 e. The molecular weight excluding hydrogens is 286 g/mol. The van der Waals surface area contributed by atoms with E-state index in [1.807, 2.05) is 16.8 Å². The summed E-state index contributed by atoms with van der Waals surface area (Å²) in [4.78, 5) is 23.0. The monoisotopic (exact) mass is 301 g/mol. The van der Waals surface area contributed by atoms with Crippen molar-refractivity contribution >= 4 is 29.1 Å². The van der Waals surface area contributed by atoms with Gasteiger partial charge in [0, 0.05) is 12.6 Å². The van der Waals surface area contributed by atoms with E-state index in [0.29, 0.717) is 11.3 Å². The Morgan fingerprint density at radius 1 is 1.24 bits per heavy atom. The number of likely N-dealkylation sites (N-methyl/N-ethyl adjacent to an activating group) is 1. The third-order valence-corrected chi connectivity index (χ3v) is 3.46. The van der Waals surface area contributed by atoms with E-state index in [2.05, 4.69) is 5.32 Å². The lowest BCUT2D eigenvalue weighted by atomic mass is 10.1. The van der Waals surface area contributed by atoms with Crippen molar-refractivity contribution in [3.05, 3.63) is 58.3 Å². The number of carbonyl (C=O) groups is 2. The van der Waals surface area contributed by atoms with Gasteiger partial charge >= 0.3 is 0 Å². The minimum absolute atomic E-state index is 0.0398. The second-order valence-corrected chi connectivity index (χ2v) is 5.02. The van der Waals surface area contributed by atoms with Crippen LogP contribution in [0.5, 0.6) is 5.75 Å². The minimum atomic E-state index is -0.200. The molecule has 0 aliphatic heterocycles. The quantitative estimate of drug-likeness (QED) is 0.659. The summed E-state index contributed by atoms with van der Waals surface area (Å²) in [6.07, 6.45) is 3.33. The van der Waals surface area contributed by atoms with Crippen molar-refractivity contribution in [1.82, 2.24) is 5.32 Å². The fraction of sp³-hybridized carbons (Fsp3) is 0.125. The van der Waals surface area contributed by atoms with Crippen molar-refractivity contribution in [3.8, 4) is 5.75 Å². The molecule has 4 nitrogen and oxygen atoms in total. The van der Waals surface area contributed by atoms with E-state index in [1.54, 1.807) is 54.8 Å². The minimum Gasteiger partial charge on any atom is -0.484 e. The molecule has 0 aliphatic carbocycles. The van der Waals surface area contributed by atoms with E-state index in [-0.39, 0.29) is 18.3 Å². The average molecular weight is 301 g/mol. The van der Waals surface area contributed by atoms with Gasteiger partial charge in [-0.1, -0.05) is 6.08 Å². The molecule has 108 valence electrons. The first-order valence-electron chi connectivity index (χ1n) is 6.37. The third-order valence-electron chi connectivity index (χ3n) is 2.76. The molecule has 0 unspecified atom stereocenters. The number of carbonyl (C=O) groups excluding carboxylic acids is 2. The Morgan fingerprint density at radius 3 is 2.62 bits per heavy atom. The van der Waals surface area contributed by atoms with E-state index in [0.717, 1.165) is 5.56 Å². The molecule has 0 aliphatic rings. The molecule has 1 amide bonds. The Balaban J connectivity index is 1.95. The first-order chi connectivity index (χ1) is 10.2. The summed E-state index contributed by atoms with van der Waals surface area (Å²) in [6, 6.07) is 8.66. The standard InChI is InChI=1S/C16H15NO3S/c1-17-16(19)10-20-14-5-3-13(4-6-14)15(18)7-2-12-8-9-21-11-12/h2-9,11H,10H2,1H3,(H,17,19)/b7-2+. The lowest BCUT2D eigenvalue weighted by Gasteiger charge is -2.05. The Morgan fingerprint density at radius 2 is 2.00 bits per heavy atom. The average Bonchev–Trinajstić information content (AvgIpc) is 3.04. The summed E-state index contributed by atoms with van der Waals surface area (Å²) in [5.74, 6) is 0.282. The van der Waals surface area contributed by atoms with Crippen molar-refractivity contribution in [3.63, 3.8) is 0 Å². The van der Waals surface area contributed by atoms with Crippen LogP contribution in [0, 0.1) is 0 Å². The molecule has 2 aromatic rings. The topological polar surface area (TPSA) is 55.4 Å².